The Morgan fingerprint density at radius 2 is 1.81 bits per heavy atom. The van der Waals surface area contributed by atoms with Crippen LogP contribution < -0.4 is 0 Å². The predicted molar refractivity (Wildman–Crippen MR) is 155 cm³/mol. The van der Waals surface area contributed by atoms with Gasteiger partial charge in [-0.05, 0) is 97.7 Å². The van der Waals surface area contributed by atoms with E-state index in [9.17, 15) is 4.79 Å². The number of allylic oxidation sites excluding steroid dienone is 1. The van der Waals surface area contributed by atoms with Crippen molar-refractivity contribution in [2.45, 2.75) is 142 Å². The van der Waals surface area contributed by atoms with Crippen LogP contribution in [0.1, 0.15) is 131 Å². The molecule has 0 bridgehead atoms. The van der Waals surface area contributed by atoms with E-state index in [2.05, 4.69) is 63.5 Å². The van der Waals surface area contributed by atoms with E-state index in [4.69, 9.17) is 4.74 Å². The first kappa shape index (κ1) is 28.7. The number of halogens is 1. The molecule has 3 heteroatoms. The molecule has 9 atom stereocenters. The minimum absolute atomic E-state index is 0.0423. The van der Waals surface area contributed by atoms with E-state index in [0.29, 0.717) is 10.8 Å². The van der Waals surface area contributed by atoms with Gasteiger partial charge in [0.15, 0.2) is 0 Å². The lowest BCUT2D eigenvalue weighted by molar-refractivity contribution is -0.150. The number of rotatable bonds is 10. The van der Waals surface area contributed by atoms with Crippen molar-refractivity contribution < 1.29 is 9.53 Å². The quantitative estimate of drug-likeness (QED) is 0.150. The molecule has 4 rings (SSSR count). The molecule has 0 spiro atoms. The highest BCUT2D eigenvalue weighted by Crippen LogP contribution is 2.67. The molecule has 0 heterocycles. The van der Waals surface area contributed by atoms with Gasteiger partial charge in [-0.3, -0.25) is 4.79 Å². The minimum Gasteiger partial charge on any atom is -0.461 e. The Kier molecular flexibility index (Phi) is 9.43. The lowest BCUT2D eigenvalue weighted by Crippen LogP contribution is -2.51. The Labute approximate surface area is 231 Å². The van der Waals surface area contributed by atoms with Crippen LogP contribution in [0.25, 0.3) is 0 Å². The number of fused-ring (bicyclic) bond motifs is 5. The normalized spacial score (nSPS) is 39.6. The topological polar surface area (TPSA) is 26.3 Å². The first-order chi connectivity index (χ1) is 17.1. The SMILES string of the molecule is CCCC[C@@H](Br)C(=O)O[C@H]1CC[C@@]2(C)C(=CC[C@@H]3[C@H]4CC[C@@H]([C@H](C)CCCC(C)C)[C@@]4(C)CC[C@H]32)C1. The van der Waals surface area contributed by atoms with Gasteiger partial charge in [0.25, 0.3) is 0 Å². The summed E-state index contributed by atoms with van der Waals surface area (Å²) in [5.74, 6) is 5.20. The molecule has 0 radical (unpaired) electrons. The van der Waals surface area contributed by atoms with Crippen molar-refractivity contribution in [3.63, 3.8) is 0 Å². The lowest BCUT2D eigenvalue weighted by atomic mass is 9.47. The lowest BCUT2D eigenvalue weighted by Gasteiger charge is -2.58. The smallest absolute Gasteiger partial charge is 0.320 e. The molecule has 4 aliphatic carbocycles. The summed E-state index contributed by atoms with van der Waals surface area (Å²) >= 11 is 3.57. The molecule has 206 valence electrons. The second kappa shape index (κ2) is 11.8. The highest BCUT2D eigenvalue weighted by Gasteiger charge is 2.59. The Hall–Kier alpha value is -0.310. The predicted octanol–water partition coefficient (Wildman–Crippen LogP) is 9.89. The molecule has 0 aliphatic heterocycles. The summed E-state index contributed by atoms with van der Waals surface area (Å²) in [5.41, 5.74) is 2.49. The molecule has 0 aromatic heterocycles. The Bertz CT molecular complexity index is 789. The summed E-state index contributed by atoms with van der Waals surface area (Å²) in [6, 6.07) is 0. The van der Waals surface area contributed by atoms with Crippen molar-refractivity contribution in [2.75, 3.05) is 0 Å². The van der Waals surface area contributed by atoms with Crippen molar-refractivity contribution in [1.29, 1.82) is 0 Å². The van der Waals surface area contributed by atoms with Gasteiger partial charge < -0.3 is 4.74 Å². The van der Waals surface area contributed by atoms with Gasteiger partial charge in [-0.2, -0.15) is 0 Å². The van der Waals surface area contributed by atoms with Crippen LogP contribution in [0, 0.1) is 46.3 Å². The molecule has 0 aromatic rings. The van der Waals surface area contributed by atoms with Crippen molar-refractivity contribution in [3.8, 4) is 0 Å². The number of carbonyl (C=O) groups is 1. The van der Waals surface area contributed by atoms with Crippen LogP contribution in [0.5, 0.6) is 0 Å². The second-order valence-electron chi connectivity index (χ2n) is 14.2. The number of ether oxygens (including phenoxy) is 1. The molecule has 0 N–H and O–H groups in total. The van der Waals surface area contributed by atoms with Crippen LogP contribution >= 0.6 is 15.9 Å². The van der Waals surface area contributed by atoms with Gasteiger partial charge in [-0.15, -0.1) is 0 Å². The number of esters is 1. The van der Waals surface area contributed by atoms with E-state index in [0.717, 1.165) is 67.6 Å². The van der Waals surface area contributed by atoms with Gasteiger partial charge in [0.2, 0.25) is 0 Å². The van der Waals surface area contributed by atoms with Gasteiger partial charge in [0.1, 0.15) is 10.9 Å². The standard InChI is InChI=1S/C33H55BrO2/c1-7-8-12-30(34)31(35)36-25-17-19-32(5)24(21-25)13-14-26-28-16-15-27(23(4)11-9-10-22(2)3)33(28,6)20-18-29(26)32/h13,22-23,25-30H,7-12,14-21H2,1-6H3/t23-,25+,26-,27+,28-,29-,30-,32+,33-/m1/s1. The molecular formula is C33H55BrO2. The fraction of sp³-hybridized carbons (Fsp3) is 0.909. The third-order valence-corrected chi connectivity index (χ3v) is 12.4. The van der Waals surface area contributed by atoms with E-state index >= 15 is 0 Å². The van der Waals surface area contributed by atoms with Crippen LogP contribution in [-0.2, 0) is 9.53 Å². The first-order valence-corrected chi connectivity index (χ1v) is 16.6. The van der Waals surface area contributed by atoms with Crippen molar-refractivity contribution >= 4 is 21.9 Å². The van der Waals surface area contributed by atoms with Gasteiger partial charge >= 0.3 is 5.97 Å². The van der Waals surface area contributed by atoms with Gasteiger partial charge in [0.05, 0.1) is 0 Å². The van der Waals surface area contributed by atoms with Crippen molar-refractivity contribution in [3.05, 3.63) is 11.6 Å². The van der Waals surface area contributed by atoms with E-state index in [-0.39, 0.29) is 16.9 Å². The average Bonchev–Trinajstić information content (AvgIpc) is 3.19. The molecule has 4 aliphatic rings. The molecule has 3 fully saturated rings. The third-order valence-electron chi connectivity index (χ3n) is 11.6. The summed E-state index contributed by atoms with van der Waals surface area (Å²) in [7, 11) is 0. The highest BCUT2D eigenvalue weighted by atomic mass is 79.9. The fourth-order valence-electron chi connectivity index (χ4n) is 9.49. The van der Waals surface area contributed by atoms with Crippen LogP contribution in [-0.4, -0.2) is 16.9 Å². The van der Waals surface area contributed by atoms with Crippen LogP contribution in [0.2, 0.25) is 0 Å². The van der Waals surface area contributed by atoms with Gasteiger partial charge in [0, 0.05) is 6.42 Å². The summed E-state index contributed by atoms with van der Waals surface area (Å²) in [6.45, 7) is 14.8. The first-order valence-electron chi connectivity index (χ1n) is 15.6. The van der Waals surface area contributed by atoms with Crippen LogP contribution in [0.3, 0.4) is 0 Å². The molecule has 0 unspecified atom stereocenters. The van der Waals surface area contributed by atoms with Gasteiger partial charge in [-0.1, -0.05) is 101 Å². The van der Waals surface area contributed by atoms with Crippen molar-refractivity contribution in [2.24, 2.45) is 46.3 Å². The zero-order valence-electron chi connectivity index (χ0n) is 24.3. The second-order valence-corrected chi connectivity index (χ2v) is 15.3. The van der Waals surface area contributed by atoms with E-state index < -0.39 is 0 Å². The van der Waals surface area contributed by atoms with E-state index in [1.165, 1.54) is 57.8 Å². The highest BCUT2D eigenvalue weighted by molar-refractivity contribution is 9.10. The van der Waals surface area contributed by atoms with Crippen molar-refractivity contribution in [1.82, 2.24) is 0 Å². The van der Waals surface area contributed by atoms with Gasteiger partial charge in [-0.25, -0.2) is 0 Å². The molecule has 0 saturated heterocycles. The number of carbonyl (C=O) groups excluding carboxylic acids is 1. The molecule has 0 amide bonds. The molecule has 0 aromatic carbocycles. The zero-order valence-corrected chi connectivity index (χ0v) is 25.9. The maximum Gasteiger partial charge on any atom is 0.320 e. The molecule has 3 saturated carbocycles. The van der Waals surface area contributed by atoms with Crippen LogP contribution in [0.15, 0.2) is 11.6 Å². The minimum atomic E-state index is -0.144. The summed E-state index contributed by atoms with van der Waals surface area (Å²) in [5, 5.41) is 0. The average molecular weight is 564 g/mol. The molecule has 36 heavy (non-hydrogen) atoms. The maximum absolute atomic E-state index is 12.6. The Morgan fingerprint density at radius 1 is 1.03 bits per heavy atom. The summed E-state index contributed by atoms with van der Waals surface area (Å²) < 4.78 is 6.03. The fourth-order valence-corrected chi connectivity index (χ4v) is 9.92. The third kappa shape index (κ3) is 5.67. The summed E-state index contributed by atoms with van der Waals surface area (Å²) in [4.78, 5) is 12.5. The zero-order chi connectivity index (χ0) is 26.1. The Morgan fingerprint density at radius 3 is 2.53 bits per heavy atom. The molecular weight excluding hydrogens is 508 g/mol. The number of unbranched alkanes of at least 4 members (excludes halogenated alkanes) is 1. The molecule has 2 nitrogen and oxygen atoms in total. The monoisotopic (exact) mass is 562 g/mol. The number of hydrogen-bond donors (Lipinski definition) is 0. The van der Waals surface area contributed by atoms with Crippen LogP contribution in [0.4, 0.5) is 0 Å². The summed E-state index contributed by atoms with van der Waals surface area (Å²) in [6.07, 6.45) is 20.2. The maximum atomic E-state index is 12.6. The van der Waals surface area contributed by atoms with E-state index in [1.54, 1.807) is 5.57 Å². The largest absolute Gasteiger partial charge is 0.461 e. The Balaban J connectivity index is 1.40. The van der Waals surface area contributed by atoms with E-state index in [1.807, 2.05) is 0 Å². The number of alkyl halides is 1. The number of hydrogen-bond acceptors (Lipinski definition) is 2.